The van der Waals surface area contributed by atoms with E-state index in [9.17, 15) is 4.79 Å². The van der Waals surface area contributed by atoms with E-state index < -0.39 is 0 Å². The Hall–Kier alpha value is 0.0700. The van der Waals surface area contributed by atoms with Crippen molar-refractivity contribution in [1.29, 1.82) is 0 Å². The lowest BCUT2D eigenvalue weighted by molar-refractivity contribution is -0.128. The number of hydrogen-bond donors (Lipinski definition) is 1. The van der Waals surface area contributed by atoms with Gasteiger partial charge < -0.3 is 10.2 Å². The van der Waals surface area contributed by atoms with Crippen LogP contribution in [0.3, 0.4) is 0 Å². The van der Waals surface area contributed by atoms with E-state index in [1.54, 1.807) is 0 Å². The van der Waals surface area contributed by atoms with E-state index in [1.165, 1.54) is 37.2 Å². The highest BCUT2D eigenvalue weighted by molar-refractivity contribution is 7.99. The second-order valence-corrected chi connectivity index (χ2v) is 6.46. The smallest absolute Gasteiger partial charge is 0.224 e. The van der Waals surface area contributed by atoms with E-state index in [-0.39, 0.29) is 12.4 Å². The van der Waals surface area contributed by atoms with Crippen LogP contribution >= 0.6 is 24.2 Å². The molecular weight excluding hydrogens is 256 g/mol. The number of likely N-dealkylation sites (tertiary alicyclic amines) is 1. The van der Waals surface area contributed by atoms with Gasteiger partial charge >= 0.3 is 0 Å². The molecule has 3 fully saturated rings. The maximum atomic E-state index is 11.8. The summed E-state index contributed by atoms with van der Waals surface area (Å²) >= 11 is 2.06. The van der Waals surface area contributed by atoms with E-state index in [4.69, 9.17) is 0 Å². The van der Waals surface area contributed by atoms with Crippen LogP contribution in [0.2, 0.25) is 0 Å². The second-order valence-electron chi connectivity index (χ2n) is 5.23. The number of carbonyl (C=O) groups excluding carboxylic acids is 1. The summed E-state index contributed by atoms with van der Waals surface area (Å²) in [6.45, 7) is 0.965. The van der Waals surface area contributed by atoms with Crippen LogP contribution in [0.4, 0.5) is 0 Å². The van der Waals surface area contributed by atoms with Crippen molar-refractivity contribution in [1.82, 2.24) is 10.2 Å². The Kier molecular flexibility index (Phi) is 4.61. The molecule has 2 heterocycles. The minimum Gasteiger partial charge on any atom is -0.338 e. The third kappa shape index (κ3) is 3.30. The third-order valence-corrected chi connectivity index (χ3v) is 4.89. The van der Waals surface area contributed by atoms with Crippen molar-refractivity contribution in [3.8, 4) is 0 Å². The van der Waals surface area contributed by atoms with Crippen molar-refractivity contribution in [2.24, 2.45) is 0 Å². The first kappa shape index (κ1) is 13.5. The number of nitrogens with zero attached hydrogens (tertiary/aromatic N) is 1. The van der Waals surface area contributed by atoms with Crippen LogP contribution in [-0.4, -0.2) is 47.0 Å². The van der Waals surface area contributed by atoms with E-state index in [1.807, 2.05) is 0 Å². The fourth-order valence-electron chi connectivity index (χ4n) is 2.78. The van der Waals surface area contributed by atoms with Crippen molar-refractivity contribution in [3.63, 3.8) is 0 Å². The number of nitrogens with one attached hydrogen (secondary N) is 1. The zero-order valence-corrected chi connectivity index (χ0v) is 11.7. The average Bonchev–Trinajstić information content (AvgIpc) is 3.06. The van der Waals surface area contributed by atoms with Crippen LogP contribution in [0.1, 0.15) is 32.1 Å². The lowest BCUT2D eigenvalue weighted by atomic mass is 10.1. The SMILES string of the molecule is Cl.O=C1CC(NC2CCSCC2)CN1C1CC1. The Bertz CT molecular complexity index is 280. The molecule has 0 aromatic carbocycles. The van der Waals surface area contributed by atoms with Crippen molar-refractivity contribution >= 4 is 30.1 Å². The lowest BCUT2D eigenvalue weighted by Crippen LogP contribution is -2.42. The van der Waals surface area contributed by atoms with Gasteiger partial charge in [0, 0.05) is 31.1 Å². The van der Waals surface area contributed by atoms with Crippen LogP contribution in [0.25, 0.3) is 0 Å². The quantitative estimate of drug-likeness (QED) is 0.851. The summed E-state index contributed by atoms with van der Waals surface area (Å²) < 4.78 is 0. The number of halogens is 1. The average molecular weight is 277 g/mol. The van der Waals surface area contributed by atoms with Crippen molar-refractivity contribution in [3.05, 3.63) is 0 Å². The largest absolute Gasteiger partial charge is 0.338 e. The highest BCUT2D eigenvalue weighted by atomic mass is 35.5. The molecule has 3 aliphatic rings. The van der Waals surface area contributed by atoms with E-state index in [0.29, 0.717) is 24.0 Å². The minimum atomic E-state index is 0. The molecule has 0 aromatic heterocycles. The molecule has 0 spiro atoms. The topological polar surface area (TPSA) is 32.3 Å². The van der Waals surface area contributed by atoms with Crippen molar-refractivity contribution < 1.29 is 4.79 Å². The summed E-state index contributed by atoms with van der Waals surface area (Å²) in [4.78, 5) is 13.9. The first-order valence-electron chi connectivity index (χ1n) is 6.46. The van der Waals surface area contributed by atoms with Gasteiger partial charge in [-0.15, -0.1) is 12.4 Å². The Labute approximate surface area is 113 Å². The zero-order valence-electron chi connectivity index (χ0n) is 10.1. The Morgan fingerprint density at radius 2 is 1.82 bits per heavy atom. The van der Waals surface area contributed by atoms with E-state index in [0.717, 1.165) is 13.0 Å². The fourth-order valence-corrected chi connectivity index (χ4v) is 3.89. The maximum absolute atomic E-state index is 11.8. The van der Waals surface area contributed by atoms with Gasteiger partial charge in [-0.1, -0.05) is 0 Å². The van der Waals surface area contributed by atoms with Crippen LogP contribution in [0, 0.1) is 0 Å². The number of rotatable bonds is 3. The fraction of sp³-hybridized carbons (Fsp3) is 0.917. The normalized spacial score (nSPS) is 30.5. The highest BCUT2D eigenvalue weighted by Gasteiger charge is 2.39. The first-order chi connectivity index (χ1) is 7.83. The van der Waals surface area contributed by atoms with Crippen LogP contribution in [0.15, 0.2) is 0 Å². The van der Waals surface area contributed by atoms with Gasteiger partial charge in [-0.2, -0.15) is 11.8 Å². The van der Waals surface area contributed by atoms with Gasteiger partial charge in [-0.25, -0.2) is 0 Å². The molecule has 0 radical (unpaired) electrons. The number of carbonyl (C=O) groups is 1. The molecular formula is C12H21ClN2OS. The Morgan fingerprint density at radius 3 is 2.47 bits per heavy atom. The molecule has 0 aromatic rings. The summed E-state index contributed by atoms with van der Waals surface area (Å²) in [5.74, 6) is 2.94. The van der Waals surface area contributed by atoms with Gasteiger partial charge in [0.15, 0.2) is 0 Å². The molecule has 1 atom stereocenters. The molecule has 3 rings (SSSR count). The minimum absolute atomic E-state index is 0. The predicted molar refractivity (Wildman–Crippen MR) is 73.9 cm³/mol. The molecule has 5 heteroatoms. The summed E-state index contributed by atoms with van der Waals surface area (Å²) in [7, 11) is 0. The number of thioether (sulfide) groups is 1. The van der Waals surface area contributed by atoms with Crippen molar-refractivity contribution in [2.45, 2.75) is 50.2 Å². The third-order valence-electron chi connectivity index (χ3n) is 3.84. The summed E-state index contributed by atoms with van der Waals surface area (Å²) in [5, 5.41) is 3.68. The highest BCUT2D eigenvalue weighted by Crippen LogP contribution is 2.31. The van der Waals surface area contributed by atoms with Gasteiger partial charge in [0.1, 0.15) is 0 Å². The molecule has 1 saturated carbocycles. The van der Waals surface area contributed by atoms with Crippen LogP contribution < -0.4 is 5.32 Å². The van der Waals surface area contributed by atoms with Gasteiger partial charge in [0.05, 0.1) is 0 Å². The molecule has 1 unspecified atom stereocenters. The summed E-state index contributed by atoms with van der Waals surface area (Å²) in [5.41, 5.74) is 0. The van der Waals surface area contributed by atoms with Crippen LogP contribution in [0.5, 0.6) is 0 Å². The van der Waals surface area contributed by atoms with Gasteiger partial charge in [-0.05, 0) is 37.2 Å². The first-order valence-corrected chi connectivity index (χ1v) is 7.61. The Morgan fingerprint density at radius 1 is 1.12 bits per heavy atom. The molecule has 1 aliphatic carbocycles. The van der Waals surface area contributed by atoms with Crippen molar-refractivity contribution in [2.75, 3.05) is 18.1 Å². The molecule has 2 aliphatic heterocycles. The molecule has 1 N–H and O–H groups in total. The standard InChI is InChI=1S/C12H20N2OS.ClH/c15-12-7-10(8-14(12)11-1-2-11)13-9-3-5-16-6-4-9;/h9-11,13H,1-8H2;1H. The van der Waals surface area contributed by atoms with Gasteiger partial charge in [0.25, 0.3) is 0 Å². The van der Waals surface area contributed by atoms with E-state index >= 15 is 0 Å². The second kappa shape index (κ2) is 5.81. The molecule has 1 amide bonds. The van der Waals surface area contributed by atoms with Crippen LogP contribution in [-0.2, 0) is 4.79 Å². The number of hydrogen-bond acceptors (Lipinski definition) is 3. The molecule has 2 saturated heterocycles. The molecule has 98 valence electrons. The summed E-state index contributed by atoms with van der Waals surface area (Å²) in [6, 6.07) is 1.70. The summed E-state index contributed by atoms with van der Waals surface area (Å²) in [6.07, 6.45) is 5.76. The predicted octanol–water partition coefficient (Wildman–Crippen LogP) is 1.66. The molecule has 0 bridgehead atoms. The zero-order chi connectivity index (χ0) is 11.0. The number of amides is 1. The van der Waals surface area contributed by atoms with Gasteiger partial charge in [0.2, 0.25) is 5.91 Å². The molecule has 17 heavy (non-hydrogen) atoms. The van der Waals surface area contributed by atoms with Gasteiger partial charge in [-0.3, -0.25) is 4.79 Å². The molecule has 3 nitrogen and oxygen atoms in total. The Balaban J connectivity index is 0.00000108. The maximum Gasteiger partial charge on any atom is 0.224 e. The lowest BCUT2D eigenvalue weighted by Gasteiger charge is -2.26. The monoisotopic (exact) mass is 276 g/mol. The van der Waals surface area contributed by atoms with E-state index in [2.05, 4.69) is 22.0 Å².